The van der Waals surface area contributed by atoms with Crippen LogP contribution in [0.1, 0.15) is 45.3 Å². The van der Waals surface area contributed by atoms with E-state index >= 15 is 0 Å². The van der Waals surface area contributed by atoms with Gasteiger partial charge in [-0.1, -0.05) is 6.07 Å². The third-order valence-corrected chi connectivity index (χ3v) is 4.87. The Morgan fingerprint density at radius 3 is 2.69 bits per heavy atom. The number of amides is 2. The van der Waals surface area contributed by atoms with E-state index in [1.54, 1.807) is 12.1 Å². The average molecular weight is 356 g/mol. The fourth-order valence-electron chi connectivity index (χ4n) is 3.48. The fraction of sp³-hybridized carbons (Fsp3) is 0.389. The van der Waals surface area contributed by atoms with E-state index in [2.05, 4.69) is 10.2 Å². The van der Waals surface area contributed by atoms with Crippen molar-refractivity contribution in [1.82, 2.24) is 15.1 Å². The number of nitrogens with one attached hydrogen (secondary N) is 1. The summed E-state index contributed by atoms with van der Waals surface area (Å²) < 4.78 is 11.2. The molecule has 2 aliphatic rings. The minimum absolute atomic E-state index is 0.0479. The van der Waals surface area contributed by atoms with Gasteiger partial charge in [0.2, 0.25) is 0 Å². The van der Waals surface area contributed by atoms with E-state index in [0.29, 0.717) is 43.4 Å². The molecule has 2 aliphatic heterocycles. The Kier molecular flexibility index (Phi) is 4.24. The number of para-hydroxylation sites is 1. The quantitative estimate of drug-likeness (QED) is 0.861. The molecule has 8 nitrogen and oxygen atoms in total. The Balaban J connectivity index is 1.45. The van der Waals surface area contributed by atoms with E-state index in [-0.39, 0.29) is 17.5 Å². The molecular weight excluding hydrogens is 336 g/mol. The molecule has 0 radical (unpaired) electrons. The first-order valence-corrected chi connectivity index (χ1v) is 8.66. The van der Waals surface area contributed by atoms with Gasteiger partial charge >= 0.3 is 0 Å². The Bertz CT molecular complexity index is 839. The van der Waals surface area contributed by atoms with Crippen LogP contribution in [0.25, 0.3) is 0 Å². The standard InChI is InChI=1S/C18H20N4O4/c19-17(23)14-10-13(20-21-14)11-4-6-22(7-5-11)18(24)12-2-1-3-15-16(12)26-9-8-25-15/h1-3,10-11H,4-9H2,(H2,19,23)(H,20,21). The lowest BCUT2D eigenvalue weighted by molar-refractivity contribution is 0.0701. The summed E-state index contributed by atoms with van der Waals surface area (Å²) in [7, 11) is 0. The van der Waals surface area contributed by atoms with Crippen molar-refractivity contribution in [2.45, 2.75) is 18.8 Å². The zero-order valence-electron chi connectivity index (χ0n) is 14.2. The van der Waals surface area contributed by atoms with Crippen molar-refractivity contribution < 1.29 is 19.1 Å². The molecule has 0 atom stereocenters. The molecule has 3 N–H and O–H groups in total. The number of nitrogens with two attached hydrogens (primary N) is 1. The van der Waals surface area contributed by atoms with Gasteiger partial charge in [0.15, 0.2) is 11.5 Å². The number of likely N-dealkylation sites (tertiary alicyclic amines) is 1. The van der Waals surface area contributed by atoms with E-state index in [0.717, 1.165) is 18.5 Å². The summed E-state index contributed by atoms with van der Waals surface area (Å²) in [5.41, 5.74) is 6.91. The normalized spacial score (nSPS) is 17.2. The van der Waals surface area contributed by atoms with E-state index < -0.39 is 5.91 Å². The highest BCUT2D eigenvalue weighted by molar-refractivity contribution is 5.98. The molecular formula is C18H20N4O4. The maximum atomic E-state index is 12.9. The minimum Gasteiger partial charge on any atom is -0.486 e. The first kappa shape index (κ1) is 16.4. The zero-order chi connectivity index (χ0) is 18.1. The molecule has 1 aromatic heterocycles. The molecule has 2 amide bonds. The Morgan fingerprint density at radius 2 is 1.96 bits per heavy atom. The smallest absolute Gasteiger partial charge is 0.269 e. The first-order chi connectivity index (χ1) is 12.6. The van der Waals surface area contributed by atoms with Crippen LogP contribution in [0, 0.1) is 0 Å². The van der Waals surface area contributed by atoms with Crippen molar-refractivity contribution in [2.75, 3.05) is 26.3 Å². The van der Waals surface area contributed by atoms with Crippen molar-refractivity contribution in [1.29, 1.82) is 0 Å². The monoisotopic (exact) mass is 356 g/mol. The van der Waals surface area contributed by atoms with Crippen LogP contribution in [0.3, 0.4) is 0 Å². The van der Waals surface area contributed by atoms with Gasteiger partial charge in [-0.2, -0.15) is 5.10 Å². The third kappa shape index (κ3) is 2.98. The number of H-pyrrole nitrogens is 1. The van der Waals surface area contributed by atoms with Crippen molar-refractivity contribution >= 4 is 11.8 Å². The Morgan fingerprint density at radius 1 is 1.19 bits per heavy atom. The van der Waals surface area contributed by atoms with Crippen LogP contribution >= 0.6 is 0 Å². The molecule has 0 saturated carbocycles. The third-order valence-electron chi connectivity index (χ3n) is 4.87. The van der Waals surface area contributed by atoms with Crippen LogP contribution in [0.4, 0.5) is 0 Å². The molecule has 136 valence electrons. The molecule has 3 heterocycles. The summed E-state index contributed by atoms with van der Waals surface area (Å²) in [6.07, 6.45) is 1.58. The van der Waals surface area contributed by atoms with Gasteiger partial charge < -0.3 is 20.1 Å². The zero-order valence-corrected chi connectivity index (χ0v) is 14.2. The lowest BCUT2D eigenvalue weighted by Gasteiger charge is -2.32. The summed E-state index contributed by atoms with van der Waals surface area (Å²) in [4.78, 5) is 25.9. The number of aromatic amines is 1. The summed E-state index contributed by atoms with van der Waals surface area (Å²) in [6, 6.07) is 7.09. The van der Waals surface area contributed by atoms with Crippen LogP contribution in [0.15, 0.2) is 24.3 Å². The lowest BCUT2D eigenvalue weighted by Crippen LogP contribution is -2.38. The summed E-state index contributed by atoms with van der Waals surface area (Å²) >= 11 is 0. The average Bonchev–Trinajstić information content (AvgIpc) is 3.18. The second kappa shape index (κ2) is 6.70. The Labute approximate surface area is 150 Å². The van der Waals surface area contributed by atoms with E-state index in [1.807, 2.05) is 17.0 Å². The van der Waals surface area contributed by atoms with Crippen LogP contribution in [-0.4, -0.2) is 53.2 Å². The van der Waals surface area contributed by atoms with Gasteiger partial charge in [0, 0.05) is 24.7 Å². The number of benzene rings is 1. The van der Waals surface area contributed by atoms with Gasteiger partial charge in [-0.3, -0.25) is 14.7 Å². The largest absolute Gasteiger partial charge is 0.486 e. The van der Waals surface area contributed by atoms with Crippen LogP contribution < -0.4 is 15.2 Å². The van der Waals surface area contributed by atoms with Gasteiger partial charge in [-0.05, 0) is 31.0 Å². The minimum atomic E-state index is -0.545. The fourth-order valence-corrected chi connectivity index (χ4v) is 3.48. The molecule has 0 aliphatic carbocycles. The van der Waals surface area contributed by atoms with Gasteiger partial charge in [-0.15, -0.1) is 0 Å². The van der Waals surface area contributed by atoms with Crippen LogP contribution in [0.5, 0.6) is 11.5 Å². The van der Waals surface area contributed by atoms with Crippen molar-refractivity contribution in [3.05, 3.63) is 41.2 Å². The lowest BCUT2D eigenvalue weighted by atomic mass is 9.93. The van der Waals surface area contributed by atoms with E-state index in [4.69, 9.17) is 15.2 Å². The molecule has 4 rings (SSSR count). The maximum Gasteiger partial charge on any atom is 0.269 e. The second-order valence-corrected chi connectivity index (χ2v) is 6.47. The summed E-state index contributed by atoms with van der Waals surface area (Å²) in [5, 5.41) is 6.81. The highest BCUT2D eigenvalue weighted by atomic mass is 16.6. The highest BCUT2D eigenvalue weighted by Crippen LogP contribution is 2.35. The molecule has 0 spiro atoms. The molecule has 8 heteroatoms. The van der Waals surface area contributed by atoms with Crippen molar-refractivity contribution in [2.24, 2.45) is 5.73 Å². The predicted molar refractivity (Wildman–Crippen MR) is 92.4 cm³/mol. The van der Waals surface area contributed by atoms with Gasteiger partial charge in [0.1, 0.15) is 18.9 Å². The van der Waals surface area contributed by atoms with Crippen LogP contribution in [0.2, 0.25) is 0 Å². The number of nitrogens with zero attached hydrogens (tertiary/aromatic N) is 2. The number of primary amides is 1. The number of carbonyl (C=O) groups excluding carboxylic acids is 2. The number of rotatable bonds is 3. The van der Waals surface area contributed by atoms with Gasteiger partial charge in [0.05, 0.1) is 5.56 Å². The van der Waals surface area contributed by atoms with Crippen LogP contribution in [-0.2, 0) is 0 Å². The highest BCUT2D eigenvalue weighted by Gasteiger charge is 2.29. The molecule has 0 unspecified atom stereocenters. The first-order valence-electron chi connectivity index (χ1n) is 8.66. The predicted octanol–water partition coefficient (Wildman–Crippen LogP) is 1.30. The topological polar surface area (TPSA) is 111 Å². The molecule has 1 fully saturated rings. The van der Waals surface area contributed by atoms with Crippen molar-refractivity contribution in [3.8, 4) is 11.5 Å². The summed E-state index contributed by atoms with van der Waals surface area (Å²) in [6.45, 7) is 2.19. The molecule has 1 saturated heterocycles. The summed E-state index contributed by atoms with van der Waals surface area (Å²) in [5.74, 6) is 0.785. The van der Waals surface area contributed by atoms with E-state index in [1.165, 1.54) is 0 Å². The maximum absolute atomic E-state index is 12.9. The number of hydrogen-bond donors (Lipinski definition) is 2. The van der Waals surface area contributed by atoms with Gasteiger partial charge in [0.25, 0.3) is 11.8 Å². The number of fused-ring (bicyclic) bond motifs is 1. The van der Waals surface area contributed by atoms with Crippen molar-refractivity contribution in [3.63, 3.8) is 0 Å². The van der Waals surface area contributed by atoms with Gasteiger partial charge in [-0.25, -0.2) is 0 Å². The number of carbonyl (C=O) groups is 2. The molecule has 26 heavy (non-hydrogen) atoms. The second-order valence-electron chi connectivity index (χ2n) is 6.47. The van der Waals surface area contributed by atoms with E-state index in [9.17, 15) is 9.59 Å². The molecule has 2 aromatic rings. The number of piperidine rings is 1. The Hall–Kier alpha value is -3.03. The molecule has 0 bridgehead atoms. The SMILES string of the molecule is NC(=O)c1cc(C2CCN(C(=O)c3cccc4c3OCCO4)CC2)[nH]n1. The number of ether oxygens (including phenoxy) is 2. The molecule has 1 aromatic carbocycles. The number of hydrogen-bond acceptors (Lipinski definition) is 5. The number of aromatic nitrogens is 2.